The third-order valence-corrected chi connectivity index (χ3v) is 3.39. The molecule has 5 heteroatoms. The van der Waals surface area contributed by atoms with Gasteiger partial charge in [0.25, 0.3) is 0 Å². The topological polar surface area (TPSA) is 75.1 Å². The lowest BCUT2D eigenvalue weighted by atomic mass is 10.0. The van der Waals surface area contributed by atoms with Crippen molar-refractivity contribution in [1.82, 2.24) is 9.97 Å². The summed E-state index contributed by atoms with van der Waals surface area (Å²) in [5.74, 6) is 0.528. The Morgan fingerprint density at radius 2 is 1.91 bits per heavy atom. The van der Waals surface area contributed by atoms with Crippen molar-refractivity contribution in [2.45, 2.75) is 33.3 Å². The number of carbonyl (C=O) groups is 1. The molecule has 22 heavy (non-hydrogen) atoms. The molecule has 0 saturated carbocycles. The van der Waals surface area contributed by atoms with E-state index in [4.69, 9.17) is 0 Å². The average molecular weight is 299 g/mol. The number of benzene rings is 1. The summed E-state index contributed by atoms with van der Waals surface area (Å²) in [5, 5.41) is 12.5. The zero-order chi connectivity index (χ0) is 16.1. The molecular formula is C17H21N3O2. The molecule has 1 unspecified atom stereocenters. The van der Waals surface area contributed by atoms with Crippen LogP contribution in [0.3, 0.4) is 0 Å². The number of nitrogens with zero attached hydrogens (tertiary/aromatic N) is 2. The first-order chi connectivity index (χ1) is 10.5. The van der Waals surface area contributed by atoms with E-state index in [0.29, 0.717) is 11.5 Å². The van der Waals surface area contributed by atoms with Crippen molar-refractivity contribution in [3.05, 3.63) is 42.2 Å². The molecule has 0 spiro atoms. The summed E-state index contributed by atoms with van der Waals surface area (Å²) in [6.07, 6.45) is 1.20. The molecule has 0 aliphatic rings. The molecule has 2 N–H and O–H groups in total. The van der Waals surface area contributed by atoms with Crippen LogP contribution in [0.5, 0.6) is 0 Å². The van der Waals surface area contributed by atoms with Crippen LogP contribution in [0.1, 0.15) is 26.0 Å². The smallest absolute Gasteiger partial charge is 0.226 e. The fraction of sp³-hybridized carbons (Fsp3) is 0.353. The van der Waals surface area contributed by atoms with Gasteiger partial charge in [-0.25, -0.2) is 9.97 Å². The highest BCUT2D eigenvalue weighted by Gasteiger charge is 2.14. The van der Waals surface area contributed by atoms with E-state index in [1.165, 1.54) is 0 Å². The number of aryl methyl sites for hydroxylation is 1. The Hall–Kier alpha value is -2.27. The van der Waals surface area contributed by atoms with Gasteiger partial charge in [-0.15, -0.1) is 0 Å². The lowest BCUT2D eigenvalue weighted by molar-refractivity contribution is -0.118. The van der Waals surface area contributed by atoms with Gasteiger partial charge in [-0.3, -0.25) is 4.79 Å². The predicted molar refractivity (Wildman–Crippen MR) is 86.3 cm³/mol. The molecule has 2 rings (SSSR count). The first-order valence-electron chi connectivity index (χ1n) is 7.33. The molecule has 0 aliphatic carbocycles. The lowest BCUT2D eigenvalue weighted by Crippen LogP contribution is -2.23. The van der Waals surface area contributed by atoms with Crippen LogP contribution in [-0.4, -0.2) is 27.1 Å². The third-order valence-electron chi connectivity index (χ3n) is 3.39. The summed E-state index contributed by atoms with van der Waals surface area (Å²) in [7, 11) is 0. The number of carbonyl (C=O) groups excluding carboxylic acids is 1. The van der Waals surface area contributed by atoms with Gasteiger partial charge in [-0.1, -0.05) is 13.8 Å². The van der Waals surface area contributed by atoms with Crippen LogP contribution in [0, 0.1) is 12.8 Å². The van der Waals surface area contributed by atoms with Crippen molar-refractivity contribution in [2.75, 3.05) is 5.32 Å². The van der Waals surface area contributed by atoms with Gasteiger partial charge in [0.2, 0.25) is 5.91 Å². The molecule has 0 radical (unpaired) electrons. The van der Waals surface area contributed by atoms with E-state index in [9.17, 15) is 9.90 Å². The van der Waals surface area contributed by atoms with Gasteiger partial charge >= 0.3 is 0 Å². The van der Waals surface area contributed by atoms with Crippen molar-refractivity contribution in [3.8, 4) is 11.4 Å². The maximum atomic E-state index is 11.8. The number of rotatable bonds is 5. The predicted octanol–water partition coefficient (Wildman–Crippen LogP) is 2.80. The summed E-state index contributed by atoms with van der Waals surface area (Å²) in [4.78, 5) is 20.4. The van der Waals surface area contributed by atoms with Gasteiger partial charge in [-0.2, -0.15) is 0 Å². The molecule has 1 aromatic heterocycles. The van der Waals surface area contributed by atoms with E-state index in [1.807, 2.05) is 39.0 Å². The van der Waals surface area contributed by atoms with E-state index in [0.717, 1.165) is 11.3 Å². The molecular weight excluding hydrogens is 278 g/mol. The van der Waals surface area contributed by atoms with Gasteiger partial charge in [-0.05, 0) is 43.2 Å². The van der Waals surface area contributed by atoms with E-state index in [2.05, 4.69) is 15.3 Å². The van der Waals surface area contributed by atoms with Gasteiger partial charge in [0.05, 0.1) is 12.5 Å². The highest BCUT2D eigenvalue weighted by Crippen LogP contribution is 2.18. The van der Waals surface area contributed by atoms with Gasteiger partial charge < -0.3 is 10.4 Å². The van der Waals surface area contributed by atoms with Crippen molar-refractivity contribution in [2.24, 2.45) is 5.92 Å². The molecule has 0 saturated heterocycles. The molecule has 5 nitrogen and oxygen atoms in total. The average Bonchev–Trinajstić information content (AvgIpc) is 2.47. The van der Waals surface area contributed by atoms with E-state index < -0.39 is 6.10 Å². The van der Waals surface area contributed by atoms with E-state index in [1.54, 1.807) is 18.3 Å². The van der Waals surface area contributed by atoms with Crippen molar-refractivity contribution >= 4 is 11.6 Å². The molecule has 1 atom stereocenters. The number of aliphatic hydroxyl groups is 1. The molecule has 1 aromatic carbocycles. The van der Waals surface area contributed by atoms with Crippen molar-refractivity contribution in [3.63, 3.8) is 0 Å². The SMILES string of the molecule is Cc1ccnc(-c2ccc(NC(=O)CC(O)C(C)C)cc2)n1. The van der Waals surface area contributed by atoms with Gasteiger partial charge in [0.1, 0.15) is 0 Å². The minimum atomic E-state index is -0.625. The Balaban J connectivity index is 2.02. The monoisotopic (exact) mass is 299 g/mol. The van der Waals surface area contributed by atoms with E-state index in [-0.39, 0.29) is 18.2 Å². The van der Waals surface area contributed by atoms with Crippen LogP contribution in [-0.2, 0) is 4.79 Å². The highest BCUT2D eigenvalue weighted by molar-refractivity contribution is 5.91. The Bertz CT molecular complexity index is 639. The fourth-order valence-electron chi connectivity index (χ4n) is 1.93. The Morgan fingerprint density at radius 1 is 1.23 bits per heavy atom. The molecule has 2 aromatic rings. The van der Waals surface area contributed by atoms with E-state index >= 15 is 0 Å². The first-order valence-corrected chi connectivity index (χ1v) is 7.33. The summed E-state index contributed by atoms with van der Waals surface area (Å²) < 4.78 is 0. The summed E-state index contributed by atoms with van der Waals surface area (Å²) in [6.45, 7) is 5.68. The molecule has 0 bridgehead atoms. The zero-order valence-corrected chi connectivity index (χ0v) is 13.1. The van der Waals surface area contributed by atoms with Crippen LogP contribution < -0.4 is 5.32 Å². The number of aromatic nitrogens is 2. The van der Waals surface area contributed by atoms with Crippen LogP contribution in [0.25, 0.3) is 11.4 Å². The van der Waals surface area contributed by atoms with Crippen LogP contribution >= 0.6 is 0 Å². The zero-order valence-electron chi connectivity index (χ0n) is 13.1. The Kier molecular flexibility index (Phi) is 5.22. The Labute approximate surface area is 130 Å². The first kappa shape index (κ1) is 16.1. The number of anilines is 1. The summed E-state index contributed by atoms with van der Waals surface area (Å²) in [6, 6.07) is 9.19. The normalized spacial score (nSPS) is 12.2. The Morgan fingerprint density at radius 3 is 2.50 bits per heavy atom. The van der Waals surface area contributed by atoms with Crippen molar-refractivity contribution < 1.29 is 9.90 Å². The number of amides is 1. The summed E-state index contributed by atoms with van der Waals surface area (Å²) in [5.41, 5.74) is 2.49. The highest BCUT2D eigenvalue weighted by atomic mass is 16.3. The second kappa shape index (κ2) is 7.13. The molecule has 0 aliphatic heterocycles. The van der Waals surface area contributed by atoms with Gasteiger partial charge in [0.15, 0.2) is 5.82 Å². The standard InChI is InChI=1S/C17H21N3O2/c1-11(2)15(21)10-16(22)20-14-6-4-13(5-7-14)17-18-9-8-12(3)19-17/h4-9,11,15,21H,10H2,1-3H3,(H,20,22). The maximum absolute atomic E-state index is 11.8. The quantitative estimate of drug-likeness (QED) is 0.890. The minimum absolute atomic E-state index is 0.0617. The van der Waals surface area contributed by atoms with Gasteiger partial charge in [0, 0.05) is 23.1 Å². The molecule has 116 valence electrons. The molecule has 1 heterocycles. The lowest BCUT2D eigenvalue weighted by Gasteiger charge is -2.14. The number of hydrogen-bond donors (Lipinski definition) is 2. The number of nitrogens with one attached hydrogen (secondary N) is 1. The van der Waals surface area contributed by atoms with Crippen LogP contribution in [0.15, 0.2) is 36.5 Å². The van der Waals surface area contributed by atoms with Crippen LogP contribution in [0.2, 0.25) is 0 Å². The second-order valence-corrected chi connectivity index (χ2v) is 5.66. The number of aliphatic hydroxyl groups excluding tert-OH is 1. The number of hydrogen-bond acceptors (Lipinski definition) is 4. The minimum Gasteiger partial charge on any atom is -0.392 e. The third kappa shape index (κ3) is 4.36. The molecule has 1 amide bonds. The second-order valence-electron chi connectivity index (χ2n) is 5.66. The summed E-state index contributed by atoms with van der Waals surface area (Å²) >= 11 is 0. The van der Waals surface area contributed by atoms with Crippen LogP contribution in [0.4, 0.5) is 5.69 Å². The fourth-order valence-corrected chi connectivity index (χ4v) is 1.93. The maximum Gasteiger partial charge on any atom is 0.226 e. The largest absolute Gasteiger partial charge is 0.392 e. The molecule has 0 fully saturated rings. The van der Waals surface area contributed by atoms with Crippen molar-refractivity contribution in [1.29, 1.82) is 0 Å².